The number of nitrogens with one attached hydrogen (secondary N) is 1. The van der Waals surface area contributed by atoms with Crippen molar-refractivity contribution in [3.05, 3.63) is 35.3 Å². The first-order chi connectivity index (χ1) is 12.6. The Morgan fingerprint density at radius 2 is 1.77 bits per heavy atom. The number of hydrogen-bond donors (Lipinski definition) is 2. The Morgan fingerprint density at radius 1 is 1.00 bits per heavy atom. The van der Waals surface area contributed by atoms with Gasteiger partial charge >= 0.3 is 0 Å². The van der Waals surface area contributed by atoms with E-state index >= 15 is 0 Å². The second-order valence-electron chi connectivity index (χ2n) is 6.60. The fourth-order valence-electron chi connectivity index (χ4n) is 3.58. The standard InChI is InChI=1S/C18H24N8/c1-12-21-14-6-10-25(16-11-15(20-2)23-18(19)24-16)9-5-13(14)17(22-12)26-7-3-4-8-26/h3-4,11H,5-10H2,1-2H3,(H3,19,20,23,24). The molecule has 4 heterocycles. The molecular weight excluding hydrogens is 328 g/mol. The summed E-state index contributed by atoms with van der Waals surface area (Å²) in [4.78, 5) is 22.6. The normalized spacial score (nSPS) is 16.5. The highest BCUT2D eigenvalue weighted by molar-refractivity contribution is 5.56. The van der Waals surface area contributed by atoms with Crippen molar-refractivity contribution >= 4 is 23.4 Å². The third-order valence-corrected chi connectivity index (χ3v) is 4.86. The van der Waals surface area contributed by atoms with Gasteiger partial charge < -0.3 is 20.9 Å². The van der Waals surface area contributed by atoms with Gasteiger partial charge in [-0.3, -0.25) is 0 Å². The van der Waals surface area contributed by atoms with Crippen LogP contribution in [0.4, 0.5) is 23.4 Å². The average Bonchev–Trinajstić information content (AvgIpc) is 3.08. The minimum atomic E-state index is 0.285. The molecule has 0 unspecified atom stereocenters. The third kappa shape index (κ3) is 3.14. The quantitative estimate of drug-likeness (QED) is 0.795. The topological polar surface area (TPSA) is 96.1 Å². The van der Waals surface area contributed by atoms with Gasteiger partial charge in [-0.2, -0.15) is 9.97 Å². The number of fused-ring (bicyclic) bond motifs is 1. The minimum Gasteiger partial charge on any atom is -0.373 e. The van der Waals surface area contributed by atoms with Crippen LogP contribution in [0.2, 0.25) is 0 Å². The van der Waals surface area contributed by atoms with E-state index in [0.717, 1.165) is 68.0 Å². The molecule has 0 fully saturated rings. The number of nitrogen functional groups attached to an aromatic ring is 1. The number of anilines is 4. The summed E-state index contributed by atoms with van der Waals surface area (Å²) in [6, 6.07) is 1.94. The van der Waals surface area contributed by atoms with Gasteiger partial charge in [0.2, 0.25) is 5.95 Å². The van der Waals surface area contributed by atoms with Gasteiger partial charge in [0.05, 0.1) is 5.69 Å². The molecule has 2 aromatic heterocycles. The number of nitrogens with two attached hydrogens (primary N) is 1. The van der Waals surface area contributed by atoms with Gasteiger partial charge in [-0.25, -0.2) is 9.97 Å². The molecule has 136 valence electrons. The molecule has 0 atom stereocenters. The predicted molar refractivity (Wildman–Crippen MR) is 104 cm³/mol. The third-order valence-electron chi connectivity index (χ3n) is 4.86. The second kappa shape index (κ2) is 6.78. The maximum Gasteiger partial charge on any atom is 0.223 e. The molecule has 0 aliphatic carbocycles. The molecule has 2 aromatic rings. The van der Waals surface area contributed by atoms with Crippen molar-refractivity contribution in [2.75, 3.05) is 54.1 Å². The van der Waals surface area contributed by atoms with E-state index in [2.05, 4.69) is 37.2 Å². The van der Waals surface area contributed by atoms with Crippen LogP contribution < -0.4 is 20.9 Å². The summed E-state index contributed by atoms with van der Waals surface area (Å²) in [7, 11) is 1.83. The van der Waals surface area contributed by atoms with E-state index in [0.29, 0.717) is 0 Å². The lowest BCUT2D eigenvalue weighted by molar-refractivity contribution is 0.785. The molecule has 0 aromatic carbocycles. The number of rotatable bonds is 3. The lowest BCUT2D eigenvalue weighted by Gasteiger charge is -2.22. The smallest absolute Gasteiger partial charge is 0.223 e. The van der Waals surface area contributed by atoms with E-state index in [-0.39, 0.29) is 5.95 Å². The van der Waals surface area contributed by atoms with Crippen molar-refractivity contribution in [3.8, 4) is 0 Å². The summed E-state index contributed by atoms with van der Waals surface area (Å²) in [5, 5.41) is 3.04. The van der Waals surface area contributed by atoms with Crippen LogP contribution in [-0.2, 0) is 12.8 Å². The van der Waals surface area contributed by atoms with Crippen LogP contribution in [0.3, 0.4) is 0 Å². The lowest BCUT2D eigenvalue weighted by Crippen LogP contribution is -2.27. The molecule has 0 radical (unpaired) electrons. The fourth-order valence-corrected chi connectivity index (χ4v) is 3.58. The van der Waals surface area contributed by atoms with Crippen LogP contribution in [0, 0.1) is 6.92 Å². The van der Waals surface area contributed by atoms with E-state index < -0.39 is 0 Å². The van der Waals surface area contributed by atoms with Crippen molar-refractivity contribution in [2.24, 2.45) is 0 Å². The largest absolute Gasteiger partial charge is 0.373 e. The maximum atomic E-state index is 5.87. The first-order valence-corrected chi connectivity index (χ1v) is 8.97. The zero-order chi connectivity index (χ0) is 18.1. The highest BCUT2D eigenvalue weighted by atomic mass is 15.2. The first-order valence-electron chi connectivity index (χ1n) is 8.97. The molecule has 0 bridgehead atoms. The average molecular weight is 352 g/mol. The molecule has 0 saturated carbocycles. The molecule has 0 amide bonds. The van der Waals surface area contributed by atoms with Gasteiger partial charge in [-0.05, 0) is 13.3 Å². The van der Waals surface area contributed by atoms with Crippen LogP contribution in [0.5, 0.6) is 0 Å². The Kier molecular flexibility index (Phi) is 4.32. The second-order valence-corrected chi connectivity index (χ2v) is 6.60. The highest BCUT2D eigenvalue weighted by Gasteiger charge is 2.23. The van der Waals surface area contributed by atoms with Crippen molar-refractivity contribution < 1.29 is 0 Å². The van der Waals surface area contributed by atoms with Crippen LogP contribution in [0.15, 0.2) is 18.2 Å². The van der Waals surface area contributed by atoms with Crippen molar-refractivity contribution in [2.45, 2.75) is 19.8 Å². The van der Waals surface area contributed by atoms with Crippen molar-refractivity contribution in [1.29, 1.82) is 0 Å². The van der Waals surface area contributed by atoms with E-state index in [1.165, 1.54) is 5.56 Å². The molecule has 2 aliphatic heterocycles. The molecule has 8 nitrogen and oxygen atoms in total. The molecule has 8 heteroatoms. The Bertz CT molecular complexity index is 839. The lowest BCUT2D eigenvalue weighted by atomic mass is 10.1. The maximum absolute atomic E-state index is 5.87. The molecule has 4 rings (SSSR count). The zero-order valence-corrected chi connectivity index (χ0v) is 15.2. The molecule has 2 aliphatic rings. The molecular formula is C18H24N8. The predicted octanol–water partition coefficient (Wildman–Crippen LogP) is 1.18. The summed E-state index contributed by atoms with van der Waals surface area (Å²) in [5.74, 6) is 3.78. The van der Waals surface area contributed by atoms with Gasteiger partial charge in [0, 0.05) is 51.3 Å². The Morgan fingerprint density at radius 3 is 2.54 bits per heavy atom. The van der Waals surface area contributed by atoms with E-state index in [4.69, 9.17) is 15.7 Å². The summed E-state index contributed by atoms with van der Waals surface area (Å²) in [5.41, 5.74) is 8.28. The Balaban J connectivity index is 1.63. The van der Waals surface area contributed by atoms with Gasteiger partial charge in [-0.1, -0.05) is 12.2 Å². The van der Waals surface area contributed by atoms with Gasteiger partial charge in [0.15, 0.2) is 0 Å². The molecule has 26 heavy (non-hydrogen) atoms. The summed E-state index contributed by atoms with van der Waals surface area (Å²) < 4.78 is 0. The van der Waals surface area contributed by atoms with Crippen molar-refractivity contribution in [3.63, 3.8) is 0 Å². The van der Waals surface area contributed by atoms with E-state index in [1.54, 1.807) is 0 Å². The monoisotopic (exact) mass is 352 g/mol. The van der Waals surface area contributed by atoms with Gasteiger partial charge in [0.1, 0.15) is 23.3 Å². The Hall–Kier alpha value is -2.90. The fraction of sp³-hybridized carbons (Fsp3) is 0.444. The number of hydrogen-bond acceptors (Lipinski definition) is 8. The van der Waals surface area contributed by atoms with Gasteiger partial charge in [0.25, 0.3) is 0 Å². The Labute approximate surface area is 153 Å². The summed E-state index contributed by atoms with van der Waals surface area (Å²) in [6.45, 7) is 5.51. The van der Waals surface area contributed by atoms with Crippen LogP contribution >= 0.6 is 0 Å². The summed E-state index contributed by atoms with van der Waals surface area (Å²) >= 11 is 0. The van der Waals surface area contributed by atoms with Gasteiger partial charge in [-0.15, -0.1) is 0 Å². The van der Waals surface area contributed by atoms with E-state index in [1.807, 2.05) is 20.0 Å². The SMILES string of the molecule is CNc1cc(N2CCc3nc(C)nc(N4CC=CC4)c3CC2)nc(N)n1. The molecule has 0 saturated heterocycles. The number of nitrogens with zero attached hydrogens (tertiary/aromatic N) is 6. The number of aromatic nitrogens is 4. The zero-order valence-electron chi connectivity index (χ0n) is 15.2. The van der Waals surface area contributed by atoms with Crippen LogP contribution in [0.1, 0.15) is 17.1 Å². The molecule has 3 N–H and O–H groups in total. The number of aryl methyl sites for hydroxylation is 1. The first kappa shape index (κ1) is 16.6. The van der Waals surface area contributed by atoms with Crippen LogP contribution in [-0.4, -0.2) is 53.2 Å². The summed E-state index contributed by atoms with van der Waals surface area (Å²) in [6.07, 6.45) is 6.14. The highest BCUT2D eigenvalue weighted by Crippen LogP contribution is 2.27. The minimum absolute atomic E-state index is 0.285. The van der Waals surface area contributed by atoms with Crippen molar-refractivity contribution in [1.82, 2.24) is 19.9 Å². The molecule has 0 spiro atoms. The van der Waals surface area contributed by atoms with E-state index in [9.17, 15) is 0 Å². The van der Waals surface area contributed by atoms with Crippen LogP contribution in [0.25, 0.3) is 0 Å².